The maximum Gasteiger partial charge on any atom is 0.255 e. The molecule has 2 rings (SSSR count). The van der Waals surface area contributed by atoms with Crippen LogP contribution < -0.4 is 10.1 Å². The summed E-state index contributed by atoms with van der Waals surface area (Å²) in [6.07, 6.45) is 0. The highest BCUT2D eigenvalue weighted by Crippen LogP contribution is 2.22. The number of hydrogen-bond acceptors (Lipinski definition) is 3. The van der Waals surface area contributed by atoms with Crippen LogP contribution in [-0.2, 0) is 11.3 Å². The third-order valence-electron chi connectivity index (χ3n) is 3.02. The normalized spacial score (nSPS) is 10.3. The minimum atomic E-state index is -0.151. The molecule has 0 aliphatic carbocycles. The standard InChI is InChI=1S/C17H18INO3/c1-3-22-16-9-4-12(10-13(16)11-21-2)17(20)19-15-7-5-14(18)6-8-15/h4-10H,3,11H2,1-2H3,(H,19,20). The number of carbonyl (C=O) groups is 1. The molecule has 0 radical (unpaired) electrons. The van der Waals surface area contributed by atoms with Crippen molar-refractivity contribution in [1.82, 2.24) is 0 Å². The number of halogens is 1. The highest BCUT2D eigenvalue weighted by molar-refractivity contribution is 14.1. The van der Waals surface area contributed by atoms with Gasteiger partial charge in [-0.15, -0.1) is 0 Å². The van der Waals surface area contributed by atoms with E-state index in [9.17, 15) is 4.79 Å². The van der Waals surface area contributed by atoms with E-state index < -0.39 is 0 Å². The van der Waals surface area contributed by atoms with Gasteiger partial charge >= 0.3 is 0 Å². The van der Waals surface area contributed by atoms with E-state index in [0.717, 1.165) is 20.6 Å². The SMILES string of the molecule is CCOc1ccc(C(=O)Nc2ccc(I)cc2)cc1COC. The zero-order valence-corrected chi connectivity index (χ0v) is 14.7. The molecule has 0 aliphatic heterocycles. The maximum atomic E-state index is 12.3. The molecular formula is C17H18INO3. The molecule has 4 nitrogen and oxygen atoms in total. The Morgan fingerprint density at radius 3 is 2.55 bits per heavy atom. The fraction of sp³-hybridized carbons (Fsp3) is 0.235. The highest BCUT2D eigenvalue weighted by atomic mass is 127. The van der Waals surface area contributed by atoms with Crippen molar-refractivity contribution < 1.29 is 14.3 Å². The summed E-state index contributed by atoms with van der Waals surface area (Å²) in [5.74, 6) is 0.594. The van der Waals surface area contributed by atoms with Gasteiger partial charge in [-0.3, -0.25) is 4.79 Å². The van der Waals surface area contributed by atoms with E-state index in [-0.39, 0.29) is 5.91 Å². The molecular weight excluding hydrogens is 393 g/mol. The minimum Gasteiger partial charge on any atom is -0.494 e. The van der Waals surface area contributed by atoms with Crippen LogP contribution in [0, 0.1) is 3.57 Å². The number of benzene rings is 2. The van der Waals surface area contributed by atoms with Crippen molar-refractivity contribution in [2.24, 2.45) is 0 Å². The zero-order chi connectivity index (χ0) is 15.9. The van der Waals surface area contributed by atoms with Gasteiger partial charge in [0.2, 0.25) is 0 Å². The molecule has 0 bridgehead atoms. The van der Waals surface area contributed by atoms with E-state index in [2.05, 4.69) is 27.9 Å². The molecule has 22 heavy (non-hydrogen) atoms. The highest BCUT2D eigenvalue weighted by Gasteiger charge is 2.11. The fourth-order valence-corrected chi connectivity index (χ4v) is 2.38. The number of hydrogen-bond donors (Lipinski definition) is 1. The summed E-state index contributed by atoms with van der Waals surface area (Å²) in [5.41, 5.74) is 2.21. The van der Waals surface area contributed by atoms with Crippen LogP contribution in [0.2, 0.25) is 0 Å². The average molecular weight is 411 g/mol. The van der Waals surface area contributed by atoms with E-state index in [4.69, 9.17) is 9.47 Å². The Bertz CT molecular complexity index is 641. The maximum absolute atomic E-state index is 12.3. The van der Waals surface area contributed by atoms with Crippen LogP contribution in [-0.4, -0.2) is 19.6 Å². The largest absolute Gasteiger partial charge is 0.494 e. The third-order valence-corrected chi connectivity index (χ3v) is 3.74. The summed E-state index contributed by atoms with van der Waals surface area (Å²) in [6, 6.07) is 13.0. The van der Waals surface area contributed by atoms with Crippen molar-refractivity contribution in [2.45, 2.75) is 13.5 Å². The van der Waals surface area contributed by atoms with Crippen LogP contribution >= 0.6 is 22.6 Å². The zero-order valence-electron chi connectivity index (χ0n) is 12.6. The summed E-state index contributed by atoms with van der Waals surface area (Å²) >= 11 is 2.23. The number of amides is 1. The first-order valence-electron chi connectivity index (χ1n) is 6.95. The van der Waals surface area contributed by atoms with Crippen LogP contribution in [0.3, 0.4) is 0 Å². The van der Waals surface area contributed by atoms with E-state index >= 15 is 0 Å². The second kappa shape index (κ2) is 8.14. The van der Waals surface area contributed by atoms with Gasteiger partial charge in [-0.25, -0.2) is 0 Å². The van der Waals surface area contributed by atoms with Gasteiger partial charge in [-0.2, -0.15) is 0 Å². The summed E-state index contributed by atoms with van der Waals surface area (Å²) < 4.78 is 11.8. The van der Waals surface area contributed by atoms with Crippen LogP contribution in [0.1, 0.15) is 22.8 Å². The molecule has 2 aromatic carbocycles. The summed E-state index contributed by atoms with van der Waals surface area (Å²) in [6.45, 7) is 2.90. The van der Waals surface area contributed by atoms with Crippen molar-refractivity contribution in [1.29, 1.82) is 0 Å². The molecule has 0 atom stereocenters. The molecule has 0 spiro atoms. The van der Waals surface area contributed by atoms with Gasteiger partial charge < -0.3 is 14.8 Å². The van der Waals surface area contributed by atoms with E-state index in [1.807, 2.05) is 31.2 Å². The fourth-order valence-electron chi connectivity index (χ4n) is 2.02. The Labute approximate surface area is 144 Å². The second-order valence-corrected chi connectivity index (χ2v) is 5.90. The Kier molecular flexibility index (Phi) is 6.21. The molecule has 1 amide bonds. The van der Waals surface area contributed by atoms with E-state index in [1.54, 1.807) is 25.3 Å². The quantitative estimate of drug-likeness (QED) is 0.729. The molecule has 5 heteroatoms. The van der Waals surface area contributed by atoms with Gasteiger partial charge in [0.25, 0.3) is 5.91 Å². The molecule has 2 aromatic rings. The third kappa shape index (κ3) is 4.45. The van der Waals surface area contributed by atoms with Gasteiger partial charge in [0.15, 0.2) is 0 Å². The van der Waals surface area contributed by atoms with E-state index in [1.165, 1.54) is 0 Å². The lowest BCUT2D eigenvalue weighted by molar-refractivity contribution is 0.102. The number of rotatable bonds is 6. The van der Waals surface area contributed by atoms with Gasteiger partial charge in [-0.05, 0) is 72.0 Å². The first-order valence-corrected chi connectivity index (χ1v) is 8.03. The second-order valence-electron chi connectivity index (χ2n) is 4.65. The first-order chi connectivity index (χ1) is 10.6. The van der Waals surface area contributed by atoms with E-state index in [0.29, 0.717) is 18.8 Å². The molecule has 0 saturated heterocycles. The summed E-state index contributed by atoms with van der Waals surface area (Å²) in [4.78, 5) is 12.3. The van der Waals surface area contributed by atoms with Gasteiger partial charge in [0.05, 0.1) is 13.2 Å². The Hall–Kier alpha value is -1.60. The van der Waals surface area contributed by atoms with Crippen molar-refractivity contribution >= 4 is 34.2 Å². The number of anilines is 1. The van der Waals surface area contributed by atoms with Gasteiger partial charge in [0.1, 0.15) is 5.75 Å². The molecule has 0 saturated carbocycles. The smallest absolute Gasteiger partial charge is 0.255 e. The molecule has 0 unspecified atom stereocenters. The molecule has 0 fully saturated rings. The Morgan fingerprint density at radius 2 is 1.91 bits per heavy atom. The monoisotopic (exact) mass is 411 g/mol. The van der Waals surface area contributed by atoms with Gasteiger partial charge in [-0.1, -0.05) is 0 Å². The number of carbonyl (C=O) groups excluding carboxylic acids is 1. The van der Waals surface area contributed by atoms with Crippen molar-refractivity contribution in [3.63, 3.8) is 0 Å². The topological polar surface area (TPSA) is 47.6 Å². The summed E-state index contributed by atoms with van der Waals surface area (Å²) in [5, 5.41) is 2.88. The van der Waals surface area contributed by atoms with Crippen LogP contribution in [0.25, 0.3) is 0 Å². The van der Waals surface area contributed by atoms with Crippen LogP contribution in [0.5, 0.6) is 5.75 Å². The molecule has 1 N–H and O–H groups in total. The first kappa shape index (κ1) is 16.8. The number of nitrogens with one attached hydrogen (secondary N) is 1. The molecule has 0 aromatic heterocycles. The Balaban J connectivity index is 2.18. The lowest BCUT2D eigenvalue weighted by Crippen LogP contribution is -2.12. The van der Waals surface area contributed by atoms with Crippen LogP contribution in [0.4, 0.5) is 5.69 Å². The lowest BCUT2D eigenvalue weighted by atomic mass is 10.1. The average Bonchev–Trinajstić information content (AvgIpc) is 2.51. The minimum absolute atomic E-state index is 0.151. The predicted octanol–water partition coefficient (Wildman–Crippen LogP) is 4.09. The van der Waals surface area contributed by atoms with Crippen molar-refractivity contribution in [3.05, 3.63) is 57.2 Å². The lowest BCUT2D eigenvalue weighted by Gasteiger charge is -2.12. The summed E-state index contributed by atoms with van der Waals surface area (Å²) in [7, 11) is 1.62. The number of methoxy groups -OCH3 is 1. The predicted molar refractivity (Wildman–Crippen MR) is 95.4 cm³/mol. The van der Waals surface area contributed by atoms with Crippen molar-refractivity contribution in [3.8, 4) is 5.75 Å². The number of ether oxygens (including phenoxy) is 2. The van der Waals surface area contributed by atoms with Crippen molar-refractivity contribution in [2.75, 3.05) is 19.0 Å². The van der Waals surface area contributed by atoms with Gasteiger partial charge in [0, 0.05) is 27.5 Å². The molecule has 116 valence electrons. The molecule has 0 aliphatic rings. The Morgan fingerprint density at radius 1 is 1.18 bits per heavy atom. The molecule has 0 heterocycles. The van der Waals surface area contributed by atoms with Crippen LogP contribution in [0.15, 0.2) is 42.5 Å².